The first kappa shape index (κ1) is 20.4. The molecule has 0 aliphatic carbocycles. The largest absolute Gasteiger partial charge is 0.458 e. The van der Waals surface area contributed by atoms with E-state index in [4.69, 9.17) is 9.47 Å². The summed E-state index contributed by atoms with van der Waals surface area (Å²) in [4.78, 5) is 24.8. The van der Waals surface area contributed by atoms with Crippen LogP contribution >= 0.6 is 12.4 Å². The van der Waals surface area contributed by atoms with Gasteiger partial charge in [0.15, 0.2) is 5.60 Å². The lowest BCUT2D eigenvalue weighted by Gasteiger charge is -2.47. The molecule has 2 rings (SSSR count). The van der Waals surface area contributed by atoms with Crippen LogP contribution in [0.25, 0.3) is 0 Å². The number of rotatable bonds is 3. The molecule has 0 aromatic heterocycles. The topological polar surface area (TPSA) is 55.8 Å². The van der Waals surface area contributed by atoms with Gasteiger partial charge in [-0.3, -0.25) is 14.5 Å². The Morgan fingerprint density at radius 3 is 2.42 bits per heavy atom. The third kappa shape index (κ3) is 4.45. The standard InChI is InChI=1S/C17H22FNO4.ClH/c1-11(20)22-16-9-15(13-7-5-6-8-14(13)18)19(4)10-17(16,3)23-12(2)21;/h5-8,15-16H,9-10H2,1-4H3;1H/t15-,16-,17+;/m0./s1. The number of ether oxygens (including phenoxy) is 2. The van der Waals surface area contributed by atoms with Crippen LogP contribution in [0.3, 0.4) is 0 Å². The zero-order valence-electron chi connectivity index (χ0n) is 14.2. The number of piperidine rings is 1. The molecule has 1 aliphatic rings. The second kappa shape index (κ2) is 7.94. The fraction of sp³-hybridized carbons (Fsp3) is 0.529. The predicted molar refractivity (Wildman–Crippen MR) is 89.4 cm³/mol. The molecule has 24 heavy (non-hydrogen) atoms. The number of carbonyl (C=O) groups excluding carboxylic acids is 2. The first-order valence-corrected chi connectivity index (χ1v) is 7.54. The van der Waals surface area contributed by atoms with Crippen molar-refractivity contribution in [1.29, 1.82) is 0 Å². The van der Waals surface area contributed by atoms with Gasteiger partial charge in [-0.2, -0.15) is 0 Å². The molecule has 1 fully saturated rings. The predicted octanol–water partition coefficient (Wildman–Crippen LogP) is 2.88. The van der Waals surface area contributed by atoms with Gasteiger partial charge in [0.2, 0.25) is 0 Å². The monoisotopic (exact) mass is 359 g/mol. The minimum atomic E-state index is -0.964. The van der Waals surface area contributed by atoms with Gasteiger partial charge in [0.25, 0.3) is 0 Å². The third-order valence-corrected chi connectivity index (χ3v) is 4.16. The first-order valence-electron chi connectivity index (χ1n) is 7.54. The maximum atomic E-state index is 14.1. The number of halogens is 2. The summed E-state index contributed by atoms with van der Waals surface area (Å²) in [7, 11) is 1.84. The number of benzene rings is 1. The van der Waals surface area contributed by atoms with Crippen molar-refractivity contribution in [2.75, 3.05) is 13.6 Å². The Hall–Kier alpha value is -1.66. The van der Waals surface area contributed by atoms with Crippen LogP contribution in [-0.2, 0) is 19.1 Å². The van der Waals surface area contributed by atoms with E-state index in [9.17, 15) is 14.0 Å². The Morgan fingerprint density at radius 2 is 1.88 bits per heavy atom. The number of likely N-dealkylation sites (tertiary alicyclic amines) is 1. The van der Waals surface area contributed by atoms with Crippen molar-refractivity contribution in [3.05, 3.63) is 35.6 Å². The minimum Gasteiger partial charge on any atom is -0.458 e. The van der Waals surface area contributed by atoms with E-state index in [-0.39, 0.29) is 24.3 Å². The summed E-state index contributed by atoms with van der Waals surface area (Å²) in [6.45, 7) is 4.70. The van der Waals surface area contributed by atoms with Gasteiger partial charge in [0.1, 0.15) is 11.9 Å². The highest BCUT2D eigenvalue weighted by molar-refractivity contribution is 5.85. The molecule has 0 bridgehead atoms. The van der Waals surface area contributed by atoms with Crippen LogP contribution in [0.1, 0.15) is 38.8 Å². The molecule has 0 radical (unpaired) electrons. The molecule has 0 saturated carbocycles. The number of hydrogen-bond acceptors (Lipinski definition) is 5. The molecule has 1 aromatic rings. The van der Waals surface area contributed by atoms with Gasteiger partial charge in [0, 0.05) is 38.4 Å². The lowest BCUT2D eigenvalue weighted by atomic mass is 9.84. The van der Waals surface area contributed by atoms with E-state index in [2.05, 4.69) is 0 Å². The van der Waals surface area contributed by atoms with Crippen molar-refractivity contribution in [2.45, 2.75) is 44.9 Å². The van der Waals surface area contributed by atoms with E-state index in [0.29, 0.717) is 18.5 Å². The summed E-state index contributed by atoms with van der Waals surface area (Å²) in [5, 5.41) is 0. The summed E-state index contributed by atoms with van der Waals surface area (Å²) in [5.41, 5.74) is -0.425. The Bertz CT molecular complexity index is 612. The smallest absolute Gasteiger partial charge is 0.303 e. The lowest BCUT2D eigenvalue weighted by Crippen LogP contribution is -2.58. The highest BCUT2D eigenvalue weighted by atomic mass is 35.5. The maximum absolute atomic E-state index is 14.1. The van der Waals surface area contributed by atoms with Crippen molar-refractivity contribution in [2.24, 2.45) is 0 Å². The van der Waals surface area contributed by atoms with E-state index in [1.807, 2.05) is 11.9 Å². The van der Waals surface area contributed by atoms with Crippen molar-refractivity contribution < 1.29 is 23.5 Å². The molecular weight excluding hydrogens is 337 g/mol. The molecule has 3 atom stereocenters. The molecule has 1 aromatic carbocycles. The van der Waals surface area contributed by atoms with Crippen LogP contribution in [0.4, 0.5) is 4.39 Å². The molecule has 5 nitrogen and oxygen atoms in total. The molecule has 0 amide bonds. The van der Waals surface area contributed by atoms with Crippen molar-refractivity contribution in [3.63, 3.8) is 0 Å². The number of likely N-dealkylation sites (N-methyl/N-ethyl adjacent to an activating group) is 1. The average Bonchev–Trinajstić information content (AvgIpc) is 2.41. The zero-order valence-corrected chi connectivity index (χ0v) is 15.1. The molecule has 1 saturated heterocycles. The maximum Gasteiger partial charge on any atom is 0.303 e. The van der Waals surface area contributed by atoms with Gasteiger partial charge in [-0.1, -0.05) is 18.2 Å². The van der Waals surface area contributed by atoms with E-state index >= 15 is 0 Å². The minimum absolute atomic E-state index is 0. The van der Waals surface area contributed by atoms with Crippen molar-refractivity contribution in [3.8, 4) is 0 Å². The number of nitrogens with zero attached hydrogens (tertiary/aromatic N) is 1. The van der Waals surface area contributed by atoms with E-state index in [1.54, 1.807) is 25.1 Å². The average molecular weight is 360 g/mol. The highest BCUT2D eigenvalue weighted by Gasteiger charge is 2.48. The molecule has 0 unspecified atom stereocenters. The van der Waals surface area contributed by atoms with Crippen LogP contribution in [0.5, 0.6) is 0 Å². The van der Waals surface area contributed by atoms with Crippen LogP contribution in [0.2, 0.25) is 0 Å². The summed E-state index contributed by atoms with van der Waals surface area (Å²) < 4.78 is 24.9. The summed E-state index contributed by atoms with van der Waals surface area (Å²) in [5.74, 6) is -1.20. The molecule has 7 heteroatoms. The Balaban J connectivity index is 0.00000288. The van der Waals surface area contributed by atoms with Crippen LogP contribution in [0.15, 0.2) is 24.3 Å². The molecule has 0 N–H and O–H groups in total. The van der Waals surface area contributed by atoms with E-state index in [0.717, 1.165) is 0 Å². The number of hydrogen-bond donors (Lipinski definition) is 0. The SMILES string of the molecule is CC(=O)O[C@H]1C[C@@H](c2ccccc2F)N(C)C[C@@]1(C)OC(C)=O.Cl. The fourth-order valence-corrected chi connectivity index (χ4v) is 3.25. The highest BCUT2D eigenvalue weighted by Crippen LogP contribution is 2.38. The summed E-state index contributed by atoms with van der Waals surface area (Å²) >= 11 is 0. The number of esters is 2. The Kier molecular flexibility index (Phi) is 6.75. The molecule has 1 aliphatic heterocycles. The zero-order chi connectivity index (χ0) is 17.2. The van der Waals surface area contributed by atoms with Crippen molar-refractivity contribution in [1.82, 2.24) is 4.90 Å². The fourth-order valence-electron chi connectivity index (χ4n) is 3.25. The Labute approximate surface area is 147 Å². The molecule has 0 spiro atoms. The summed E-state index contributed by atoms with van der Waals surface area (Å²) in [6, 6.07) is 6.27. The molecular formula is C17H23ClFNO4. The summed E-state index contributed by atoms with van der Waals surface area (Å²) in [6.07, 6.45) is -0.287. The lowest BCUT2D eigenvalue weighted by molar-refractivity contribution is -0.196. The normalized spacial score (nSPS) is 27.0. The molecule has 1 heterocycles. The quantitative estimate of drug-likeness (QED) is 0.777. The number of carbonyl (C=O) groups is 2. The van der Waals surface area contributed by atoms with Gasteiger partial charge in [-0.05, 0) is 20.0 Å². The van der Waals surface area contributed by atoms with Gasteiger partial charge in [-0.25, -0.2) is 4.39 Å². The van der Waals surface area contributed by atoms with Gasteiger partial charge in [-0.15, -0.1) is 12.4 Å². The molecule has 134 valence electrons. The third-order valence-electron chi connectivity index (χ3n) is 4.16. The van der Waals surface area contributed by atoms with E-state index < -0.39 is 23.6 Å². The first-order chi connectivity index (χ1) is 10.7. The van der Waals surface area contributed by atoms with Gasteiger partial charge in [0.05, 0.1) is 0 Å². The van der Waals surface area contributed by atoms with Gasteiger partial charge >= 0.3 is 11.9 Å². The van der Waals surface area contributed by atoms with Crippen LogP contribution in [0, 0.1) is 5.82 Å². The second-order valence-corrected chi connectivity index (χ2v) is 6.19. The second-order valence-electron chi connectivity index (χ2n) is 6.19. The van der Waals surface area contributed by atoms with E-state index in [1.165, 1.54) is 19.9 Å². The van der Waals surface area contributed by atoms with Crippen LogP contribution in [-0.4, -0.2) is 42.1 Å². The van der Waals surface area contributed by atoms with Crippen molar-refractivity contribution >= 4 is 24.3 Å². The van der Waals surface area contributed by atoms with Gasteiger partial charge < -0.3 is 9.47 Å². The Morgan fingerprint density at radius 1 is 1.25 bits per heavy atom. The van der Waals surface area contributed by atoms with Crippen LogP contribution < -0.4 is 0 Å².